The minimum absolute atomic E-state index is 0.731. The molecule has 0 atom stereocenters. The van der Waals surface area contributed by atoms with Gasteiger partial charge in [0.2, 0.25) is 0 Å². The van der Waals surface area contributed by atoms with Crippen LogP contribution in [-0.2, 0) is 6.54 Å². The molecule has 0 radical (unpaired) electrons. The van der Waals surface area contributed by atoms with Crippen LogP contribution in [0.25, 0.3) is 0 Å². The van der Waals surface area contributed by atoms with Crippen molar-refractivity contribution in [3.63, 3.8) is 0 Å². The molecule has 0 aliphatic heterocycles. The first-order chi connectivity index (χ1) is 7.18. The van der Waals surface area contributed by atoms with E-state index in [0.29, 0.717) is 0 Å². The van der Waals surface area contributed by atoms with Crippen molar-refractivity contribution in [2.24, 2.45) is 5.92 Å². The monoisotopic (exact) mass is 227 g/mol. The molecule has 0 fully saturated rings. The molecule has 2 N–H and O–H groups in total. The fraction of sp³-hybridized carbons (Fsp3) is 0.727. The van der Waals surface area contributed by atoms with Crippen molar-refractivity contribution < 1.29 is 0 Å². The summed E-state index contributed by atoms with van der Waals surface area (Å²) in [5.74, 6) is 0.731. The van der Waals surface area contributed by atoms with E-state index in [2.05, 4.69) is 29.5 Å². The highest BCUT2D eigenvalue weighted by Gasteiger charge is 1.97. The van der Waals surface area contributed by atoms with Crippen LogP contribution in [0.5, 0.6) is 0 Å². The van der Waals surface area contributed by atoms with Gasteiger partial charge < -0.3 is 10.6 Å². The fourth-order valence-corrected chi connectivity index (χ4v) is 2.03. The van der Waals surface area contributed by atoms with Crippen LogP contribution in [0.2, 0.25) is 0 Å². The standard InChI is InChI=1S/C11H21N3S/c1-9(2)6-12-4-5-13-7-11-8-14-10(3)15-11/h8-9,12-13H,4-7H2,1-3H3. The summed E-state index contributed by atoms with van der Waals surface area (Å²) in [6.45, 7) is 10.6. The smallest absolute Gasteiger partial charge is 0.0897 e. The largest absolute Gasteiger partial charge is 0.315 e. The van der Waals surface area contributed by atoms with Crippen molar-refractivity contribution in [1.82, 2.24) is 15.6 Å². The lowest BCUT2D eigenvalue weighted by Crippen LogP contribution is -2.29. The van der Waals surface area contributed by atoms with Crippen LogP contribution in [0, 0.1) is 12.8 Å². The van der Waals surface area contributed by atoms with Crippen molar-refractivity contribution in [3.05, 3.63) is 16.1 Å². The molecule has 1 aromatic rings. The molecule has 0 unspecified atom stereocenters. The van der Waals surface area contributed by atoms with E-state index < -0.39 is 0 Å². The third-order valence-electron chi connectivity index (χ3n) is 2.00. The average molecular weight is 227 g/mol. The molecule has 1 heterocycles. The number of hydrogen-bond acceptors (Lipinski definition) is 4. The van der Waals surface area contributed by atoms with Gasteiger partial charge in [0, 0.05) is 30.7 Å². The van der Waals surface area contributed by atoms with E-state index in [1.807, 2.05) is 13.1 Å². The Morgan fingerprint density at radius 3 is 2.67 bits per heavy atom. The molecular formula is C11H21N3S. The quantitative estimate of drug-likeness (QED) is 0.697. The van der Waals surface area contributed by atoms with Crippen LogP contribution >= 0.6 is 11.3 Å². The van der Waals surface area contributed by atoms with E-state index in [4.69, 9.17) is 0 Å². The Balaban J connectivity index is 1.98. The molecule has 15 heavy (non-hydrogen) atoms. The summed E-state index contributed by atoms with van der Waals surface area (Å²) in [5, 5.41) is 7.94. The first-order valence-electron chi connectivity index (χ1n) is 5.51. The predicted octanol–water partition coefficient (Wildman–Crippen LogP) is 1.79. The second-order valence-electron chi connectivity index (χ2n) is 4.12. The summed E-state index contributed by atoms with van der Waals surface area (Å²) in [4.78, 5) is 5.53. The molecule has 0 saturated heterocycles. The summed E-state index contributed by atoms with van der Waals surface area (Å²) in [7, 11) is 0. The first kappa shape index (κ1) is 12.6. The Morgan fingerprint density at radius 1 is 1.33 bits per heavy atom. The Bertz CT molecular complexity index is 271. The summed E-state index contributed by atoms with van der Waals surface area (Å²) in [5.41, 5.74) is 0. The van der Waals surface area contributed by atoms with Crippen molar-refractivity contribution >= 4 is 11.3 Å². The topological polar surface area (TPSA) is 37.0 Å². The SMILES string of the molecule is Cc1ncc(CNCCNCC(C)C)s1. The maximum absolute atomic E-state index is 4.22. The summed E-state index contributed by atoms with van der Waals surface area (Å²) >= 11 is 1.76. The minimum atomic E-state index is 0.731. The van der Waals surface area contributed by atoms with Crippen molar-refractivity contribution in [2.75, 3.05) is 19.6 Å². The summed E-state index contributed by atoms with van der Waals surface area (Å²) < 4.78 is 0. The third-order valence-corrected chi connectivity index (χ3v) is 2.91. The number of rotatable bonds is 7. The van der Waals surface area contributed by atoms with E-state index in [1.165, 1.54) is 4.88 Å². The highest BCUT2D eigenvalue weighted by molar-refractivity contribution is 7.11. The lowest BCUT2D eigenvalue weighted by atomic mass is 10.2. The lowest BCUT2D eigenvalue weighted by molar-refractivity contribution is 0.536. The number of nitrogens with one attached hydrogen (secondary N) is 2. The van der Waals surface area contributed by atoms with Crippen LogP contribution in [-0.4, -0.2) is 24.6 Å². The van der Waals surface area contributed by atoms with Gasteiger partial charge in [-0.3, -0.25) is 0 Å². The Hall–Kier alpha value is -0.450. The fourth-order valence-electron chi connectivity index (χ4n) is 1.27. The van der Waals surface area contributed by atoms with Gasteiger partial charge in [-0.1, -0.05) is 13.8 Å². The maximum Gasteiger partial charge on any atom is 0.0897 e. The molecule has 4 heteroatoms. The molecule has 0 bridgehead atoms. The van der Waals surface area contributed by atoms with Gasteiger partial charge in [-0.2, -0.15) is 0 Å². The zero-order valence-corrected chi connectivity index (χ0v) is 10.7. The molecule has 86 valence electrons. The number of hydrogen-bond donors (Lipinski definition) is 2. The van der Waals surface area contributed by atoms with Crippen LogP contribution in [0.15, 0.2) is 6.20 Å². The van der Waals surface area contributed by atoms with E-state index in [9.17, 15) is 0 Å². The molecule has 1 aromatic heterocycles. The van der Waals surface area contributed by atoms with Crippen molar-refractivity contribution in [1.29, 1.82) is 0 Å². The third kappa shape index (κ3) is 5.87. The first-order valence-corrected chi connectivity index (χ1v) is 6.33. The molecular weight excluding hydrogens is 206 g/mol. The number of thiazole rings is 1. The van der Waals surface area contributed by atoms with Gasteiger partial charge in [0.05, 0.1) is 5.01 Å². The molecule has 1 rings (SSSR count). The van der Waals surface area contributed by atoms with E-state index in [-0.39, 0.29) is 0 Å². The number of nitrogens with zero attached hydrogens (tertiary/aromatic N) is 1. The average Bonchev–Trinajstić information content (AvgIpc) is 2.57. The van der Waals surface area contributed by atoms with Crippen LogP contribution in [0.4, 0.5) is 0 Å². The number of aromatic nitrogens is 1. The van der Waals surface area contributed by atoms with Crippen LogP contribution in [0.1, 0.15) is 23.7 Å². The molecule has 0 aliphatic carbocycles. The van der Waals surface area contributed by atoms with Crippen LogP contribution < -0.4 is 10.6 Å². The molecule has 0 amide bonds. The van der Waals surface area contributed by atoms with Gasteiger partial charge in [0.15, 0.2) is 0 Å². The molecule has 3 nitrogen and oxygen atoms in total. The highest BCUT2D eigenvalue weighted by atomic mass is 32.1. The molecule has 0 aromatic carbocycles. The second-order valence-corrected chi connectivity index (χ2v) is 5.44. The predicted molar refractivity (Wildman–Crippen MR) is 66.3 cm³/mol. The Labute approximate surface area is 96.3 Å². The number of aryl methyl sites for hydroxylation is 1. The van der Waals surface area contributed by atoms with Gasteiger partial charge in [-0.15, -0.1) is 11.3 Å². The summed E-state index contributed by atoms with van der Waals surface area (Å²) in [6.07, 6.45) is 1.95. The zero-order chi connectivity index (χ0) is 11.1. The van der Waals surface area contributed by atoms with Gasteiger partial charge in [0.1, 0.15) is 0 Å². The van der Waals surface area contributed by atoms with E-state index >= 15 is 0 Å². The van der Waals surface area contributed by atoms with Crippen molar-refractivity contribution in [3.8, 4) is 0 Å². The maximum atomic E-state index is 4.22. The summed E-state index contributed by atoms with van der Waals surface area (Å²) in [6, 6.07) is 0. The van der Waals surface area contributed by atoms with E-state index in [1.54, 1.807) is 11.3 Å². The van der Waals surface area contributed by atoms with E-state index in [0.717, 1.165) is 37.1 Å². The second kappa shape index (κ2) is 6.93. The molecule has 0 aliphatic rings. The van der Waals surface area contributed by atoms with Gasteiger partial charge >= 0.3 is 0 Å². The molecule has 0 spiro atoms. The van der Waals surface area contributed by atoms with Gasteiger partial charge in [-0.25, -0.2) is 4.98 Å². The van der Waals surface area contributed by atoms with Crippen molar-refractivity contribution in [2.45, 2.75) is 27.3 Å². The minimum Gasteiger partial charge on any atom is -0.315 e. The lowest BCUT2D eigenvalue weighted by Gasteiger charge is -2.07. The Kier molecular flexibility index (Phi) is 5.83. The normalized spacial score (nSPS) is 11.2. The van der Waals surface area contributed by atoms with Crippen LogP contribution in [0.3, 0.4) is 0 Å². The molecule has 0 saturated carbocycles. The van der Waals surface area contributed by atoms with Gasteiger partial charge in [0.25, 0.3) is 0 Å². The van der Waals surface area contributed by atoms with Gasteiger partial charge in [-0.05, 0) is 19.4 Å². The highest BCUT2D eigenvalue weighted by Crippen LogP contribution is 2.10. The zero-order valence-electron chi connectivity index (χ0n) is 9.84. The Morgan fingerprint density at radius 2 is 2.07 bits per heavy atom.